The first-order chi connectivity index (χ1) is 5.75. The first-order valence-electron chi connectivity index (χ1n) is 4.38. The normalized spacial score (nSPS) is 20.2. The molecular weight excluding hydrogens is 156 g/mol. The van der Waals surface area contributed by atoms with Crippen molar-refractivity contribution in [1.82, 2.24) is 10.0 Å². The Bertz CT molecular complexity index is 161. The van der Waals surface area contributed by atoms with Gasteiger partial charge in [0.2, 0.25) is 5.91 Å². The van der Waals surface area contributed by atoms with Gasteiger partial charge in [0.25, 0.3) is 0 Å². The summed E-state index contributed by atoms with van der Waals surface area (Å²) < 4.78 is 0. The van der Waals surface area contributed by atoms with E-state index in [9.17, 15) is 4.79 Å². The molecule has 0 atom stereocenters. The van der Waals surface area contributed by atoms with E-state index in [-0.39, 0.29) is 12.5 Å². The molecule has 70 valence electrons. The summed E-state index contributed by atoms with van der Waals surface area (Å²) in [6, 6.07) is 0. The summed E-state index contributed by atoms with van der Waals surface area (Å²) in [5.74, 6) is 0.178. The van der Waals surface area contributed by atoms with Gasteiger partial charge in [-0.2, -0.15) is 0 Å². The monoisotopic (exact) mass is 172 g/mol. The van der Waals surface area contributed by atoms with Crippen molar-refractivity contribution in [3.8, 4) is 0 Å². The van der Waals surface area contributed by atoms with Crippen LogP contribution in [-0.2, 0) is 4.79 Å². The highest BCUT2D eigenvalue weighted by atomic mass is 16.3. The van der Waals surface area contributed by atoms with Crippen molar-refractivity contribution in [3.63, 3.8) is 0 Å². The van der Waals surface area contributed by atoms with E-state index in [4.69, 9.17) is 5.11 Å². The number of rotatable bonds is 3. The summed E-state index contributed by atoms with van der Waals surface area (Å²) in [4.78, 5) is 11.3. The lowest BCUT2D eigenvalue weighted by molar-refractivity contribution is -0.152. The smallest absolute Gasteiger partial charge is 0.236 e. The Kier molecular flexibility index (Phi) is 3.49. The molecule has 0 aliphatic carbocycles. The van der Waals surface area contributed by atoms with Crippen LogP contribution >= 0.6 is 0 Å². The van der Waals surface area contributed by atoms with Crippen LogP contribution in [0.1, 0.15) is 19.3 Å². The van der Waals surface area contributed by atoms with Crippen molar-refractivity contribution in [3.05, 3.63) is 0 Å². The second kappa shape index (κ2) is 4.42. The van der Waals surface area contributed by atoms with Crippen LogP contribution in [0.5, 0.6) is 0 Å². The van der Waals surface area contributed by atoms with E-state index in [2.05, 4.69) is 0 Å². The molecule has 0 aromatic rings. The topological polar surface area (TPSA) is 43.8 Å². The van der Waals surface area contributed by atoms with Gasteiger partial charge in [-0.3, -0.25) is 9.80 Å². The van der Waals surface area contributed by atoms with Crippen molar-refractivity contribution in [2.45, 2.75) is 19.3 Å². The Hall–Kier alpha value is -0.610. The van der Waals surface area contributed by atoms with E-state index in [0.717, 1.165) is 13.0 Å². The molecule has 1 amide bonds. The molecule has 0 unspecified atom stereocenters. The third kappa shape index (κ3) is 2.19. The lowest BCUT2D eigenvalue weighted by atomic mass is 10.2. The van der Waals surface area contributed by atoms with Crippen LogP contribution in [0.15, 0.2) is 0 Å². The molecule has 4 nitrogen and oxygen atoms in total. The van der Waals surface area contributed by atoms with Gasteiger partial charge in [0.05, 0.1) is 0 Å². The fraction of sp³-hybridized carbons (Fsp3) is 0.875. The van der Waals surface area contributed by atoms with Gasteiger partial charge in [0.1, 0.15) is 0 Å². The average molecular weight is 172 g/mol. The van der Waals surface area contributed by atoms with Crippen LogP contribution in [-0.4, -0.2) is 47.8 Å². The highest BCUT2D eigenvalue weighted by Gasteiger charge is 2.21. The van der Waals surface area contributed by atoms with Gasteiger partial charge in [0, 0.05) is 33.2 Å². The molecular formula is C8H16N2O2. The minimum atomic E-state index is 0.150. The van der Waals surface area contributed by atoms with Gasteiger partial charge in [0.15, 0.2) is 0 Å². The minimum Gasteiger partial charge on any atom is -0.396 e. The Morgan fingerprint density at radius 2 is 2.33 bits per heavy atom. The summed E-state index contributed by atoms with van der Waals surface area (Å²) in [7, 11) is 1.91. The fourth-order valence-corrected chi connectivity index (χ4v) is 1.42. The van der Waals surface area contributed by atoms with Crippen LogP contribution in [0.2, 0.25) is 0 Å². The van der Waals surface area contributed by atoms with Crippen LogP contribution in [0.4, 0.5) is 0 Å². The standard InChI is InChI=1S/C8H16N2O2/c1-9-5-2-4-8(12)10(9)6-3-7-11/h11H,2-7H2,1H3. The summed E-state index contributed by atoms with van der Waals surface area (Å²) in [6.45, 7) is 1.74. The molecule has 0 saturated carbocycles. The fourth-order valence-electron chi connectivity index (χ4n) is 1.42. The molecule has 0 aromatic heterocycles. The number of hydrazine groups is 1. The van der Waals surface area contributed by atoms with Crippen LogP contribution in [0.25, 0.3) is 0 Å². The predicted molar refractivity (Wildman–Crippen MR) is 45.3 cm³/mol. The van der Waals surface area contributed by atoms with Crippen molar-refractivity contribution < 1.29 is 9.90 Å². The Labute approximate surface area is 72.7 Å². The highest BCUT2D eigenvalue weighted by molar-refractivity contribution is 5.76. The molecule has 0 spiro atoms. The SMILES string of the molecule is CN1CCCC(=O)N1CCCO. The number of aliphatic hydroxyl groups excluding tert-OH is 1. The lowest BCUT2D eigenvalue weighted by Gasteiger charge is -2.35. The van der Waals surface area contributed by atoms with Gasteiger partial charge in [-0.1, -0.05) is 0 Å². The van der Waals surface area contributed by atoms with Gasteiger partial charge in [-0.25, -0.2) is 5.01 Å². The zero-order valence-electron chi connectivity index (χ0n) is 7.49. The number of carbonyl (C=O) groups excluding carboxylic acids is 1. The lowest BCUT2D eigenvalue weighted by Crippen LogP contribution is -2.48. The second-order valence-corrected chi connectivity index (χ2v) is 3.08. The van der Waals surface area contributed by atoms with Crippen molar-refractivity contribution >= 4 is 5.91 Å². The van der Waals surface area contributed by atoms with Crippen LogP contribution in [0, 0.1) is 0 Å². The second-order valence-electron chi connectivity index (χ2n) is 3.08. The summed E-state index contributed by atoms with van der Waals surface area (Å²) >= 11 is 0. The minimum absolute atomic E-state index is 0.150. The summed E-state index contributed by atoms with van der Waals surface area (Å²) in [5, 5.41) is 12.3. The number of nitrogens with zero attached hydrogens (tertiary/aromatic N) is 2. The summed E-state index contributed by atoms with van der Waals surface area (Å²) in [5.41, 5.74) is 0. The van der Waals surface area contributed by atoms with Gasteiger partial charge < -0.3 is 5.11 Å². The Morgan fingerprint density at radius 1 is 1.58 bits per heavy atom. The van der Waals surface area contributed by atoms with Crippen molar-refractivity contribution in [1.29, 1.82) is 0 Å². The van der Waals surface area contributed by atoms with Crippen molar-refractivity contribution in [2.75, 3.05) is 26.7 Å². The molecule has 0 radical (unpaired) electrons. The molecule has 0 aromatic carbocycles. The Balaban J connectivity index is 2.40. The van der Waals surface area contributed by atoms with Gasteiger partial charge in [-0.15, -0.1) is 0 Å². The van der Waals surface area contributed by atoms with Crippen LogP contribution in [0.3, 0.4) is 0 Å². The van der Waals surface area contributed by atoms with E-state index in [1.807, 2.05) is 12.1 Å². The quantitative estimate of drug-likeness (QED) is 0.643. The molecule has 1 rings (SSSR count). The van der Waals surface area contributed by atoms with E-state index in [0.29, 0.717) is 19.4 Å². The molecule has 1 saturated heterocycles. The number of aliphatic hydroxyl groups is 1. The molecule has 1 N–H and O–H groups in total. The van der Waals surface area contributed by atoms with E-state index < -0.39 is 0 Å². The predicted octanol–water partition coefficient (Wildman–Crippen LogP) is -0.162. The van der Waals surface area contributed by atoms with E-state index >= 15 is 0 Å². The molecule has 1 heterocycles. The Morgan fingerprint density at radius 3 is 2.92 bits per heavy atom. The maximum Gasteiger partial charge on any atom is 0.236 e. The number of amides is 1. The first kappa shape index (κ1) is 9.48. The maximum absolute atomic E-state index is 11.3. The van der Waals surface area contributed by atoms with Crippen molar-refractivity contribution in [2.24, 2.45) is 0 Å². The number of hydrogen-bond donors (Lipinski definition) is 1. The number of carbonyl (C=O) groups is 1. The molecule has 1 aliphatic rings. The zero-order chi connectivity index (χ0) is 8.97. The molecule has 1 aliphatic heterocycles. The molecule has 4 heteroatoms. The van der Waals surface area contributed by atoms with Gasteiger partial charge in [-0.05, 0) is 12.8 Å². The average Bonchev–Trinajstić information content (AvgIpc) is 2.04. The first-order valence-corrected chi connectivity index (χ1v) is 4.38. The maximum atomic E-state index is 11.3. The number of hydrogen-bond acceptors (Lipinski definition) is 3. The van der Waals surface area contributed by atoms with E-state index in [1.54, 1.807) is 5.01 Å². The third-order valence-corrected chi connectivity index (χ3v) is 2.10. The van der Waals surface area contributed by atoms with Crippen LogP contribution < -0.4 is 0 Å². The summed E-state index contributed by atoms with van der Waals surface area (Å²) in [6.07, 6.45) is 2.26. The third-order valence-electron chi connectivity index (χ3n) is 2.10. The molecule has 1 fully saturated rings. The molecule has 0 bridgehead atoms. The van der Waals surface area contributed by atoms with Gasteiger partial charge >= 0.3 is 0 Å². The largest absolute Gasteiger partial charge is 0.396 e. The van der Waals surface area contributed by atoms with E-state index in [1.165, 1.54) is 0 Å². The zero-order valence-corrected chi connectivity index (χ0v) is 7.49. The highest BCUT2D eigenvalue weighted by Crippen LogP contribution is 2.09. The molecule has 12 heavy (non-hydrogen) atoms.